The zero-order chi connectivity index (χ0) is 13.3. The number of carbonyl (C=O) groups is 1. The van der Waals surface area contributed by atoms with Crippen LogP contribution in [0.2, 0.25) is 0 Å². The lowest BCUT2D eigenvalue weighted by Crippen LogP contribution is -2.48. The molecule has 1 fully saturated rings. The van der Waals surface area contributed by atoms with E-state index in [9.17, 15) is 4.79 Å². The smallest absolute Gasteiger partial charge is 0.338 e. The Hall–Kier alpha value is -1.55. The molecule has 1 N–H and O–H groups in total. The van der Waals surface area contributed by atoms with Gasteiger partial charge >= 0.3 is 5.97 Å². The summed E-state index contributed by atoms with van der Waals surface area (Å²) in [5.41, 5.74) is 1.61. The summed E-state index contributed by atoms with van der Waals surface area (Å²) < 4.78 is 11.1. The molecule has 0 unspecified atom stereocenters. The predicted octanol–water partition coefficient (Wildman–Crippen LogP) is 1.92. The minimum atomic E-state index is -0.276. The quantitative estimate of drug-likeness (QED) is 0.785. The first-order chi connectivity index (χ1) is 9.24. The number of esters is 1. The summed E-state index contributed by atoms with van der Waals surface area (Å²) in [6.45, 7) is 2.01. The van der Waals surface area contributed by atoms with Crippen molar-refractivity contribution in [3.05, 3.63) is 29.3 Å². The van der Waals surface area contributed by atoms with Crippen LogP contribution < -0.4 is 10.1 Å². The molecule has 2 aliphatic rings. The summed E-state index contributed by atoms with van der Waals surface area (Å²) in [5.74, 6) is 0.581. The fourth-order valence-electron chi connectivity index (χ4n) is 3.09. The SMILES string of the molecule is COC(=O)c1cccc2c1CCC1(CCNCC1)O2. The topological polar surface area (TPSA) is 47.6 Å². The van der Waals surface area contributed by atoms with Crippen molar-refractivity contribution in [3.8, 4) is 5.75 Å². The van der Waals surface area contributed by atoms with Crippen molar-refractivity contribution in [2.24, 2.45) is 0 Å². The number of benzene rings is 1. The maximum Gasteiger partial charge on any atom is 0.338 e. The number of carbonyl (C=O) groups excluding carboxylic acids is 1. The summed E-state index contributed by atoms with van der Waals surface area (Å²) in [7, 11) is 1.42. The largest absolute Gasteiger partial charge is 0.487 e. The van der Waals surface area contributed by atoms with E-state index < -0.39 is 0 Å². The van der Waals surface area contributed by atoms with Gasteiger partial charge in [0.15, 0.2) is 0 Å². The summed E-state index contributed by atoms with van der Waals surface area (Å²) in [6, 6.07) is 5.64. The molecule has 102 valence electrons. The molecule has 0 aromatic heterocycles. The first-order valence-corrected chi connectivity index (χ1v) is 6.84. The van der Waals surface area contributed by atoms with Gasteiger partial charge in [-0.05, 0) is 50.9 Å². The molecule has 2 aliphatic heterocycles. The minimum absolute atomic E-state index is 0.0347. The number of nitrogens with one attached hydrogen (secondary N) is 1. The second kappa shape index (κ2) is 4.85. The molecule has 3 rings (SSSR count). The van der Waals surface area contributed by atoms with Gasteiger partial charge in [-0.1, -0.05) is 6.07 Å². The highest BCUT2D eigenvalue weighted by Gasteiger charge is 2.38. The van der Waals surface area contributed by atoms with Gasteiger partial charge in [-0.3, -0.25) is 0 Å². The molecule has 1 spiro atoms. The van der Waals surface area contributed by atoms with Crippen LogP contribution in [0.3, 0.4) is 0 Å². The van der Waals surface area contributed by atoms with Gasteiger partial charge in [-0.2, -0.15) is 0 Å². The Morgan fingerprint density at radius 2 is 2.11 bits per heavy atom. The number of rotatable bonds is 1. The van der Waals surface area contributed by atoms with Crippen molar-refractivity contribution < 1.29 is 14.3 Å². The fraction of sp³-hybridized carbons (Fsp3) is 0.533. The van der Waals surface area contributed by atoms with Crippen LogP contribution in [0.1, 0.15) is 35.2 Å². The molecule has 0 saturated carbocycles. The molecule has 4 heteroatoms. The van der Waals surface area contributed by atoms with Gasteiger partial charge in [0.25, 0.3) is 0 Å². The monoisotopic (exact) mass is 261 g/mol. The maximum absolute atomic E-state index is 11.8. The molecule has 0 atom stereocenters. The van der Waals surface area contributed by atoms with Crippen molar-refractivity contribution in [2.45, 2.75) is 31.3 Å². The van der Waals surface area contributed by atoms with Crippen molar-refractivity contribution >= 4 is 5.97 Å². The lowest BCUT2D eigenvalue weighted by Gasteiger charge is -2.42. The standard InChI is InChI=1S/C15H19NO3/c1-18-14(17)12-3-2-4-13-11(12)5-6-15(19-13)7-9-16-10-8-15/h2-4,16H,5-10H2,1H3. The highest BCUT2D eigenvalue weighted by Crippen LogP contribution is 2.39. The number of methoxy groups -OCH3 is 1. The average Bonchev–Trinajstić information content (AvgIpc) is 2.46. The number of hydrogen-bond donors (Lipinski definition) is 1. The molecule has 4 nitrogen and oxygen atoms in total. The first kappa shape index (κ1) is 12.5. The van der Waals surface area contributed by atoms with E-state index in [4.69, 9.17) is 9.47 Å². The Bertz CT molecular complexity index is 492. The van der Waals surface area contributed by atoms with E-state index in [0.717, 1.165) is 50.1 Å². The zero-order valence-electron chi connectivity index (χ0n) is 11.2. The number of fused-ring (bicyclic) bond motifs is 1. The van der Waals surface area contributed by atoms with Gasteiger partial charge in [0, 0.05) is 5.56 Å². The van der Waals surface area contributed by atoms with Gasteiger partial charge in [-0.25, -0.2) is 4.79 Å². The summed E-state index contributed by atoms with van der Waals surface area (Å²) in [6.07, 6.45) is 3.94. The van der Waals surface area contributed by atoms with Crippen molar-refractivity contribution in [3.63, 3.8) is 0 Å². The third-order valence-corrected chi connectivity index (χ3v) is 4.21. The highest BCUT2D eigenvalue weighted by molar-refractivity contribution is 5.91. The molecule has 2 heterocycles. The molecule has 0 radical (unpaired) electrons. The Kier molecular flexibility index (Phi) is 3.19. The molecule has 1 aromatic carbocycles. The van der Waals surface area contributed by atoms with Crippen LogP contribution in [-0.4, -0.2) is 31.8 Å². The highest BCUT2D eigenvalue weighted by atomic mass is 16.5. The van der Waals surface area contributed by atoms with Crippen LogP contribution >= 0.6 is 0 Å². The Morgan fingerprint density at radius 3 is 2.84 bits per heavy atom. The van der Waals surface area contributed by atoms with Crippen LogP contribution in [0.15, 0.2) is 18.2 Å². The molecule has 1 aromatic rings. The Balaban J connectivity index is 1.91. The summed E-state index contributed by atoms with van der Waals surface area (Å²) >= 11 is 0. The zero-order valence-corrected chi connectivity index (χ0v) is 11.2. The van der Waals surface area contributed by atoms with Crippen LogP contribution in [0.25, 0.3) is 0 Å². The van der Waals surface area contributed by atoms with Crippen LogP contribution in [0.5, 0.6) is 5.75 Å². The van der Waals surface area contributed by atoms with Crippen LogP contribution in [-0.2, 0) is 11.2 Å². The summed E-state index contributed by atoms with van der Waals surface area (Å²) in [4.78, 5) is 11.8. The van der Waals surface area contributed by atoms with Crippen LogP contribution in [0, 0.1) is 0 Å². The second-order valence-electron chi connectivity index (χ2n) is 5.31. The van der Waals surface area contributed by atoms with Gasteiger partial charge in [0.2, 0.25) is 0 Å². The van der Waals surface area contributed by atoms with Gasteiger partial charge in [0.05, 0.1) is 12.7 Å². The lowest BCUT2D eigenvalue weighted by atomic mass is 9.83. The Labute approximate surface area is 113 Å². The first-order valence-electron chi connectivity index (χ1n) is 6.84. The van der Waals surface area contributed by atoms with E-state index >= 15 is 0 Å². The normalized spacial score (nSPS) is 20.5. The van der Waals surface area contributed by atoms with E-state index in [2.05, 4.69) is 5.32 Å². The number of piperidine rings is 1. The van der Waals surface area contributed by atoms with E-state index in [1.54, 1.807) is 0 Å². The van der Waals surface area contributed by atoms with E-state index in [0.29, 0.717) is 5.56 Å². The Morgan fingerprint density at radius 1 is 1.32 bits per heavy atom. The second-order valence-corrected chi connectivity index (χ2v) is 5.31. The van der Waals surface area contributed by atoms with Crippen molar-refractivity contribution in [1.82, 2.24) is 5.32 Å². The molecular weight excluding hydrogens is 242 g/mol. The van der Waals surface area contributed by atoms with E-state index in [-0.39, 0.29) is 11.6 Å². The third kappa shape index (κ3) is 2.21. The lowest BCUT2D eigenvalue weighted by molar-refractivity contribution is 0.0163. The summed E-state index contributed by atoms with van der Waals surface area (Å²) in [5, 5.41) is 3.36. The van der Waals surface area contributed by atoms with Gasteiger partial charge < -0.3 is 14.8 Å². The third-order valence-electron chi connectivity index (χ3n) is 4.21. The number of ether oxygens (including phenoxy) is 2. The molecule has 0 amide bonds. The van der Waals surface area contributed by atoms with Crippen LogP contribution in [0.4, 0.5) is 0 Å². The van der Waals surface area contributed by atoms with E-state index in [1.807, 2.05) is 18.2 Å². The molecule has 0 aliphatic carbocycles. The van der Waals surface area contributed by atoms with Gasteiger partial charge in [0.1, 0.15) is 11.4 Å². The fourth-order valence-corrected chi connectivity index (χ4v) is 3.09. The minimum Gasteiger partial charge on any atom is -0.487 e. The van der Waals surface area contributed by atoms with E-state index in [1.165, 1.54) is 7.11 Å². The maximum atomic E-state index is 11.8. The number of hydrogen-bond acceptors (Lipinski definition) is 4. The molecule has 19 heavy (non-hydrogen) atoms. The molecule has 0 bridgehead atoms. The predicted molar refractivity (Wildman–Crippen MR) is 71.6 cm³/mol. The van der Waals surface area contributed by atoms with Gasteiger partial charge in [-0.15, -0.1) is 0 Å². The average molecular weight is 261 g/mol. The molecular formula is C15H19NO3. The van der Waals surface area contributed by atoms with Crippen molar-refractivity contribution in [2.75, 3.05) is 20.2 Å². The molecule has 1 saturated heterocycles. The van der Waals surface area contributed by atoms with Crippen molar-refractivity contribution in [1.29, 1.82) is 0 Å².